The standard InChI is InChI=1S/C21H20N.C13H9N.C8H9.C5H8O2.Ir/c1-21(2,3)19-12-13-20(22-15-19)18-11-7-10-17(14-18)16-8-5-4-6-9-16;1-2-4-12-10(3-1)5-6-11-9-14-8-7-13(11)12;1-7-4-3-5-8(2)6-7;1-4(6)3-5(2)7;/h4-10,12-15H,1-3H3;1-9H;3-4,6H,1-2H3;3,6H,1-2H3;/q-1;;-1;;/b;;;4-3-;. The van der Waals surface area contributed by atoms with Crippen LogP contribution in [0, 0.1) is 26.0 Å². The summed E-state index contributed by atoms with van der Waals surface area (Å²) in [6.07, 6.45) is 6.88. The monoisotopic (exact) mass is 863 g/mol. The van der Waals surface area contributed by atoms with Crippen LogP contribution in [-0.2, 0) is 30.3 Å². The average molecular weight is 863 g/mol. The number of nitrogens with zero attached hydrogens (tertiary/aromatic N) is 2. The first-order valence-electron chi connectivity index (χ1n) is 17.0. The van der Waals surface area contributed by atoms with Crippen LogP contribution in [0.25, 0.3) is 43.9 Å². The number of allylic oxidation sites excluding steroid dienone is 2. The molecule has 1 radical (unpaired) electrons. The van der Waals surface area contributed by atoms with Crippen LogP contribution >= 0.6 is 0 Å². The zero-order valence-corrected chi connectivity index (χ0v) is 33.3. The van der Waals surface area contributed by atoms with Gasteiger partial charge in [0.2, 0.25) is 0 Å². The number of benzene rings is 5. The molecule has 0 atom stereocenters. The summed E-state index contributed by atoms with van der Waals surface area (Å²) >= 11 is 0. The minimum Gasteiger partial charge on any atom is -0.512 e. The van der Waals surface area contributed by atoms with Gasteiger partial charge in [-0.1, -0.05) is 113 Å². The average Bonchev–Trinajstić information content (AvgIpc) is 3.12. The summed E-state index contributed by atoms with van der Waals surface area (Å²) in [5.74, 6) is -0.0625. The molecule has 0 fully saturated rings. The van der Waals surface area contributed by atoms with E-state index in [1.165, 1.54) is 69.3 Å². The molecule has 2 aromatic heterocycles. The van der Waals surface area contributed by atoms with E-state index in [-0.39, 0.29) is 37.1 Å². The van der Waals surface area contributed by atoms with Crippen molar-refractivity contribution in [3.63, 3.8) is 0 Å². The number of aliphatic hydroxyl groups is 1. The molecular weight excluding hydrogens is 817 g/mol. The topological polar surface area (TPSA) is 63.1 Å². The van der Waals surface area contributed by atoms with Gasteiger partial charge in [-0.05, 0) is 58.3 Å². The number of hydrogen-bond donors (Lipinski definition) is 1. The van der Waals surface area contributed by atoms with Crippen molar-refractivity contribution >= 4 is 27.3 Å². The van der Waals surface area contributed by atoms with Crippen LogP contribution in [0.4, 0.5) is 0 Å². The van der Waals surface area contributed by atoms with Gasteiger partial charge in [0.25, 0.3) is 0 Å². The largest absolute Gasteiger partial charge is 0.512 e. The number of ketones is 1. The molecule has 7 aromatic rings. The second-order valence-electron chi connectivity index (χ2n) is 13.4. The van der Waals surface area contributed by atoms with Crippen molar-refractivity contribution in [3.05, 3.63) is 181 Å². The molecule has 5 heteroatoms. The molecule has 1 N–H and O–H groups in total. The minimum atomic E-state index is -0.125. The Morgan fingerprint density at radius 3 is 1.98 bits per heavy atom. The summed E-state index contributed by atoms with van der Waals surface area (Å²) < 4.78 is 0. The summed E-state index contributed by atoms with van der Waals surface area (Å²) in [5.41, 5.74) is 8.29. The molecule has 5 aromatic carbocycles. The van der Waals surface area contributed by atoms with Crippen LogP contribution < -0.4 is 0 Å². The molecule has 0 saturated heterocycles. The third kappa shape index (κ3) is 12.8. The number of aromatic nitrogens is 2. The van der Waals surface area contributed by atoms with Crippen LogP contribution in [0.15, 0.2) is 152 Å². The molecule has 2 heterocycles. The number of aryl methyl sites for hydroxylation is 2. The van der Waals surface area contributed by atoms with Gasteiger partial charge in [-0.15, -0.1) is 35.4 Å². The maximum atomic E-state index is 10.0. The Bertz CT molecular complexity index is 2130. The Hall–Kier alpha value is -5.22. The summed E-state index contributed by atoms with van der Waals surface area (Å²) in [4.78, 5) is 18.8. The summed E-state index contributed by atoms with van der Waals surface area (Å²) in [5, 5.41) is 13.4. The van der Waals surface area contributed by atoms with Crippen LogP contribution in [0.2, 0.25) is 0 Å². The van der Waals surface area contributed by atoms with Gasteiger partial charge >= 0.3 is 0 Å². The first-order valence-corrected chi connectivity index (χ1v) is 17.0. The van der Waals surface area contributed by atoms with Crippen molar-refractivity contribution in [1.82, 2.24) is 9.97 Å². The second kappa shape index (κ2) is 20.0. The molecule has 7 rings (SSSR count). The Labute approximate surface area is 322 Å². The van der Waals surface area contributed by atoms with Gasteiger partial charge in [0.05, 0.1) is 5.76 Å². The van der Waals surface area contributed by atoms with Crippen LogP contribution in [0.1, 0.15) is 51.3 Å². The minimum absolute atomic E-state index is 0. The van der Waals surface area contributed by atoms with E-state index < -0.39 is 0 Å². The van der Waals surface area contributed by atoms with Crippen molar-refractivity contribution < 1.29 is 30.0 Å². The molecule has 0 aliphatic carbocycles. The van der Waals surface area contributed by atoms with Crippen molar-refractivity contribution in [2.75, 3.05) is 0 Å². The molecule has 0 bridgehead atoms. The molecule has 267 valence electrons. The molecular formula is C47H46IrN2O2-2. The molecule has 0 spiro atoms. The Morgan fingerprint density at radius 1 is 0.712 bits per heavy atom. The number of carbonyl (C=O) groups is 1. The Balaban J connectivity index is 0.000000207. The van der Waals surface area contributed by atoms with Gasteiger partial charge in [0.1, 0.15) is 0 Å². The fourth-order valence-electron chi connectivity index (χ4n) is 5.30. The molecule has 4 nitrogen and oxygen atoms in total. The quantitative estimate of drug-likeness (QED) is 0.0832. The molecule has 0 aliphatic heterocycles. The van der Waals surface area contributed by atoms with Crippen LogP contribution in [0.3, 0.4) is 0 Å². The second-order valence-corrected chi connectivity index (χ2v) is 13.4. The van der Waals surface area contributed by atoms with Gasteiger partial charge in [0, 0.05) is 50.2 Å². The van der Waals surface area contributed by atoms with E-state index in [1.807, 2.05) is 49.8 Å². The summed E-state index contributed by atoms with van der Waals surface area (Å²) in [6.45, 7) is 13.6. The van der Waals surface area contributed by atoms with Gasteiger partial charge in [-0.2, -0.15) is 35.4 Å². The SMILES string of the molecule is CC(=O)/C=C(/C)O.CC(C)(C)c1ccc(-c2[c-]ccc(-c3ccccc3)c2)nc1.Cc1[c-]ccc(C)c1.[Ir].c1ccc2c(c1)ccc1cnccc12. The number of hydrogen-bond acceptors (Lipinski definition) is 4. The van der Waals surface area contributed by atoms with Crippen molar-refractivity contribution in [3.8, 4) is 22.4 Å². The third-order valence-corrected chi connectivity index (χ3v) is 7.87. The first kappa shape index (κ1) is 41.2. The maximum absolute atomic E-state index is 10.0. The van der Waals surface area contributed by atoms with Crippen LogP contribution in [0.5, 0.6) is 0 Å². The van der Waals surface area contributed by atoms with Gasteiger partial charge < -0.3 is 10.1 Å². The van der Waals surface area contributed by atoms with Gasteiger partial charge in [-0.25, -0.2) is 0 Å². The zero-order valence-electron chi connectivity index (χ0n) is 30.9. The van der Waals surface area contributed by atoms with E-state index in [4.69, 9.17) is 5.11 Å². The smallest absolute Gasteiger partial charge is 0.155 e. The van der Waals surface area contributed by atoms with E-state index in [0.717, 1.165) is 11.3 Å². The van der Waals surface area contributed by atoms with E-state index in [1.54, 1.807) is 0 Å². The molecule has 52 heavy (non-hydrogen) atoms. The fourth-order valence-corrected chi connectivity index (χ4v) is 5.30. The Kier molecular flexibility index (Phi) is 15.8. The van der Waals surface area contributed by atoms with E-state index in [9.17, 15) is 4.79 Å². The third-order valence-electron chi connectivity index (χ3n) is 7.87. The number of fused-ring (bicyclic) bond motifs is 3. The van der Waals surface area contributed by atoms with Gasteiger partial charge in [-0.3, -0.25) is 9.78 Å². The normalized spacial score (nSPS) is 10.7. The molecule has 0 saturated carbocycles. The van der Waals surface area contributed by atoms with Gasteiger partial charge in [0.15, 0.2) is 5.78 Å². The zero-order chi connectivity index (χ0) is 36.8. The molecule has 0 unspecified atom stereocenters. The van der Waals surface area contributed by atoms with E-state index in [2.05, 4.69) is 147 Å². The first-order chi connectivity index (χ1) is 24.4. The van der Waals surface area contributed by atoms with Crippen molar-refractivity contribution in [2.24, 2.45) is 0 Å². The van der Waals surface area contributed by atoms with Crippen molar-refractivity contribution in [2.45, 2.75) is 53.9 Å². The fraction of sp³-hybridized carbons (Fsp3) is 0.170. The molecule has 0 amide bonds. The number of carbonyl (C=O) groups excluding carboxylic acids is 1. The predicted molar refractivity (Wildman–Crippen MR) is 214 cm³/mol. The van der Waals surface area contributed by atoms with Crippen LogP contribution in [-0.4, -0.2) is 20.9 Å². The number of aliphatic hydroxyl groups excluding tert-OH is 1. The van der Waals surface area contributed by atoms with E-state index >= 15 is 0 Å². The molecule has 0 aliphatic rings. The summed E-state index contributed by atoms with van der Waals surface area (Å²) in [6, 6.07) is 48.0. The maximum Gasteiger partial charge on any atom is 0.155 e. The number of pyridine rings is 2. The predicted octanol–water partition coefficient (Wildman–Crippen LogP) is 12.0. The Morgan fingerprint density at radius 2 is 1.38 bits per heavy atom. The van der Waals surface area contributed by atoms with Crippen molar-refractivity contribution in [1.29, 1.82) is 0 Å². The number of rotatable bonds is 3. The van der Waals surface area contributed by atoms with E-state index in [0.29, 0.717) is 0 Å². The summed E-state index contributed by atoms with van der Waals surface area (Å²) in [7, 11) is 0.